The molecule has 2 aromatic heterocycles. The number of hydrogen-bond donors (Lipinski definition) is 2. The fourth-order valence-corrected chi connectivity index (χ4v) is 3.75. The summed E-state index contributed by atoms with van der Waals surface area (Å²) < 4.78 is 0. The van der Waals surface area contributed by atoms with Gasteiger partial charge in [0.2, 0.25) is 5.95 Å². The third kappa shape index (κ3) is 4.26. The molecule has 8 heteroatoms. The van der Waals surface area contributed by atoms with Crippen LogP contribution in [0.25, 0.3) is 22.4 Å². The van der Waals surface area contributed by atoms with Crippen molar-refractivity contribution < 1.29 is 4.79 Å². The molecule has 0 spiro atoms. The average Bonchev–Trinajstić information content (AvgIpc) is 3.10. The van der Waals surface area contributed by atoms with Crippen LogP contribution in [0.5, 0.6) is 0 Å². The lowest BCUT2D eigenvalue weighted by atomic mass is 10.0. The smallest absolute Gasteiger partial charge is 0.270 e. The van der Waals surface area contributed by atoms with E-state index >= 15 is 0 Å². The Bertz CT molecular complexity index is 1030. The first-order chi connectivity index (χ1) is 14.0. The van der Waals surface area contributed by atoms with Gasteiger partial charge >= 0.3 is 0 Å². The molecule has 0 unspecified atom stereocenters. The van der Waals surface area contributed by atoms with E-state index in [-0.39, 0.29) is 11.9 Å². The Hall–Kier alpha value is -2.90. The second-order valence-electron chi connectivity index (χ2n) is 7.25. The van der Waals surface area contributed by atoms with Crippen molar-refractivity contribution in [1.82, 2.24) is 24.8 Å². The van der Waals surface area contributed by atoms with E-state index in [0.717, 1.165) is 49.3 Å². The Morgan fingerprint density at radius 2 is 2.03 bits per heavy atom. The van der Waals surface area contributed by atoms with Crippen molar-refractivity contribution in [1.29, 1.82) is 0 Å². The van der Waals surface area contributed by atoms with Crippen molar-refractivity contribution in [3.8, 4) is 22.4 Å². The predicted molar refractivity (Wildman–Crippen MR) is 115 cm³/mol. The average molecular weight is 411 g/mol. The van der Waals surface area contributed by atoms with Gasteiger partial charge in [0.15, 0.2) is 0 Å². The molecular formula is C21H23ClN6O. The van der Waals surface area contributed by atoms with Gasteiger partial charge in [-0.25, -0.2) is 9.97 Å². The minimum absolute atomic E-state index is 0.00196. The Kier molecular flexibility index (Phi) is 5.51. The number of nitrogen functional groups attached to an aromatic ring is 1. The van der Waals surface area contributed by atoms with E-state index in [9.17, 15) is 4.79 Å². The number of carbonyl (C=O) groups is 1. The van der Waals surface area contributed by atoms with Gasteiger partial charge in [0.25, 0.3) is 5.91 Å². The van der Waals surface area contributed by atoms with Crippen LogP contribution in [0.1, 0.15) is 16.9 Å². The van der Waals surface area contributed by atoms with Gasteiger partial charge in [0, 0.05) is 48.2 Å². The third-order valence-electron chi connectivity index (χ3n) is 5.14. The minimum Gasteiger partial charge on any atom is -0.368 e. The lowest BCUT2D eigenvalue weighted by molar-refractivity contribution is 0.0757. The highest BCUT2D eigenvalue weighted by Gasteiger charge is 2.21. The zero-order valence-electron chi connectivity index (χ0n) is 16.2. The van der Waals surface area contributed by atoms with E-state index < -0.39 is 0 Å². The van der Waals surface area contributed by atoms with Crippen LogP contribution in [0.3, 0.4) is 0 Å². The summed E-state index contributed by atoms with van der Waals surface area (Å²) in [5.74, 6) is 0.174. The number of likely N-dealkylation sites (N-methyl/N-ethyl adjacent to an activating group) is 1. The van der Waals surface area contributed by atoms with Gasteiger partial charge in [-0.05, 0) is 43.8 Å². The molecule has 1 aliphatic heterocycles. The van der Waals surface area contributed by atoms with Crippen molar-refractivity contribution in [3.05, 3.63) is 53.4 Å². The van der Waals surface area contributed by atoms with Crippen molar-refractivity contribution >= 4 is 23.5 Å². The molecule has 3 N–H and O–H groups in total. The first kappa shape index (κ1) is 19.4. The van der Waals surface area contributed by atoms with Gasteiger partial charge in [0.05, 0.1) is 5.69 Å². The van der Waals surface area contributed by atoms with E-state index in [1.54, 1.807) is 12.4 Å². The highest BCUT2D eigenvalue weighted by atomic mass is 35.5. The summed E-state index contributed by atoms with van der Waals surface area (Å²) in [4.78, 5) is 28.8. The highest BCUT2D eigenvalue weighted by Crippen LogP contribution is 2.32. The van der Waals surface area contributed by atoms with Crippen molar-refractivity contribution in [2.75, 3.05) is 39.0 Å². The number of amides is 1. The maximum absolute atomic E-state index is 13.0. The number of rotatable bonds is 3. The number of halogens is 1. The number of nitrogens with zero attached hydrogens (tertiary/aromatic N) is 4. The third-order valence-corrected chi connectivity index (χ3v) is 5.37. The SMILES string of the molecule is CN1CCCN(C(=O)c2cc(-c3nc(N)ncc3-c3cccc(Cl)c3)c[nH]2)CC1. The van der Waals surface area contributed by atoms with E-state index in [1.165, 1.54) is 0 Å². The summed E-state index contributed by atoms with van der Waals surface area (Å²) in [6, 6.07) is 9.31. The van der Waals surface area contributed by atoms with E-state index in [4.69, 9.17) is 17.3 Å². The molecule has 0 bridgehead atoms. The number of H-pyrrole nitrogens is 1. The number of benzene rings is 1. The maximum Gasteiger partial charge on any atom is 0.270 e. The molecule has 7 nitrogen and oxygen atoms in total. The molecule has 1 aromatic carbocycles. The van der Waals surface area contributed by atoms with Gasteiger partial charge in [-0.15, -0.1) is 0 Å². The zero-order valence-corrected chi connectivity index (χ0v) is 17.0. The summed E-state index contributed by atoms with van der Waals surface area (Å²) in [6.07, 6.45) is 4.44. The lowest BCUT2D eigenvalue weighted by Crippen LogP contribution is -2.34. The number of hydrogen-bond acceptors (Lipinski definition) is 5. The molecule has 1 saturated heterocycles. The largest absolute Gasteiger partial charge is 0.368 e. The number of nitrogens with two attached hydrogens (primary N) is 1. The molecular weight excluding hydrogens is 388 g/mol. The molecule has 1 amide bonds. The molecule has 0 saturated carbocycles. The molecule has 1 fully saturated rings. The fourth-order valence-electron chi connectivity index (χ4n) is 3.56. The Labute approximate surface area is 174 Å². The number of aromatic amines is 1. The zero-order chi connectivity index (χ0) is 20.4. The van der Waals surface area contributed by atoms with Crippen LogP contribution >= 0.6 is 11.6 Å². The number of carbonyl (C=O) groups excluding carboxylic acids is 1. The Morgan fingerprint density at radius 3 is 2.86 bits per heavy atom. The monoisotopic (exact) mass is 410 g/mol. The molecule has 0 atom stereocenters. The first-order valence-corrected chi connectivity index (χ1v) is 9.94. The summed E-state index contributed by atoms with van der Waals surface area (Å²) in [7, 11) is 2.08. The number of nitrogens with one attached hydrogen (secondary N) is 1. The van der Waals surface area contributed by atoms with Crippen molar-refractivity contribution in [2.24, 2.45) is 0 Å². The minimum atomic E-state index is -0.00196. The Morgan fingerprint density at radius 1 is 1.17 bits per heavy atom. The molecule has 3 heterocycles. The van der Waals surface area contributed by atoms with E-state index in [0.29, 0.717) is 16.4 Å². The van der Waals surface area contributed by atoms with Crippen LogP contribution in [0, 0.1) is 0 Å². The first-order valence-electron chi connectivity index (χ1n) is 9.56. The van der Waals surface area contributed by atoms with Crippen LogP contribution in [0.15, 0.2) is 42.7 Å². The highest BCUT2D eigenvalue weighted by molar-refractivity contribution is 6.30. The molecule has 1 aliphatic rings. The van der Waals surface area contributed by atoms with Crippen LogP contribution in [0.4, 0.5) is 5.95 Å². The molecule has 29 heavy (non-hydrogen) atoms. The number of aromatic nitrogens is 3. The van der Waals surface area contributed by atoms with Gasteiger partial charge in [0.1, 0.15) is 5.69 Å². The van der Waals surface area contributed by atoms with Crippen molar-refractivity contribution in [3.63, 3.8) is 0 Å². The van der Waals surface area contributed by atoms with Crippen LogP contribution in [0.2, 0.25) is 5.02 Å². The van der Waals surface area contributed by atoms with Crippen molar-refractivity contribution in [2.45, 2.75) is 6.42 Å². The molecule has 3 aromatic rings. The molecule has 0 aliphatic carbocycles. The second kappa shape index (κ2) is 8.23. The van der Waals surface area contributed by atoms with E-state index in [2.05, 4.69) is 26.9 Å². The quantitative estimate of drug-likeness (QED) is 0.692. The Balaban J connectivity index is 1.66. The topological polar surface area (TPSA) is 91.1 Å². The maximum atomic E-state index is 13.0. The predicted octanol–water partition coefficient (Wildman–Crippen LogP) is 3.15. The second-order valence-corrected chi connectivity index (χ2v) is 7.69. The molecule has 0 radical (unpaired) electrons. The number of anilines is 1. The molecule has 150 valence electrons. The summed E-state index contributed by atoms with van der Waals surface area (Å²) in [5, 5.41) is 0.626. The summed E-state index contributed by atoms with van der Waals surface area (Å²) >= 11 is 6.15. The molecule has 4 rings (SSSR count). The van der Waals surface area contributed by atoms with Gasteiger partial charge in [-0.2, -0.15) is 0 Å². The van der Waals surface area contributed by atoms with E-state index in [1.807, 2.05) is 35.2 Å². The fraction of sp³-hybridized carbons (Fsp3) is 0.286. The summed E-state index contributed by atoms with van der Waals surface area (Å²) in [6.45, 7) is 3.35. The standard InChI is InChI=1S/C21H23ClN6O/c1-27-6-3-7-28(9-8-27)20(29)18-11-15(12-24-18)19-17(13-25-21(23)26-19)14-4-2-5-16(22)10-14/h2,4-5,10-13,24H,3,6-9H2,1H3,(H2,23,25,26). The van der Waals surface area contributed by atoms with Crippen LogP contribution < -0.4 is 5.73 Å². The van der Waals surface area contributed by atoms with Crippen LogP contribution in [-0.4, -0.2) is 63.9 Å². The van der Waals surface area contributed by atoms with Gasteiger partial charge in [-0.3, -0.25) is 4.79 Å². The normalized spacial score (nSPS) is 15.3. The van der Waals surface area contributed by atoms with Gasteiger partial charge < -0.3 is 20.5 Å². The lowest BCUT2D eigenvalue weighted by Gasteiger charge is -2.19. The van der Waals surface area contributed by atoms with Crippen LogP contribution in [-0.2, 0) is 0 Å². The summed E-state index contributed by atoms with van der Waals surface area (Å²) in [5.41, 5.74) is 9.52. The van der Waals surface area contributed by atoms with Gasteiger partial charge in [-0.1, -0.05) is 23.7 Å².